The first-order valence-corrected chi connectivity index (χ1v) is 9.97. The van der Waals surface area contributed by atoms with Gasteiger partial charge < -0.3 is 4.52 Å². The van der Waals surface area contributed by atoms with E-state index >= 15 is 0 Å². The summed E-state index contributed by atoms with van der Waals surface area (Å²) in [6, 6.07) is 17.7. The lowest BCUT2D eigenvalue weighted by Crippen LogP contribution is -2.23. The molecule has 4 rings (SSSR count). The van der Waals surface area contributed by atoms with Crippen molar-refractivity contribution < 1.29 is 12.9 Å². The van der Waals surface area contributed by atoms with E-state index in [-0.39, 0.29) is 17.3 Å². The van der Waals surface area contributed by atoms with Crippen molar-refractivity contribution >= 4 is 10.0 Å². The van der Waals surface area contributed by atoms with Gasteiger partial charge >= 0.3 is 0 Å². The number of nitrogens with zero attached hydrogens (tertiary/aromatic N) is 4. The fourth-order valence-electron chi connectivity index (χ4n) is 2.76. The van der Waals surface area contributed by atoms with Gasteiger partial charge in [-0.3, -0.25) is 4.68 Å². The largest absolute Gasteiger partial charge is 0.338 e. The van der Waals surface area contributed by atoms with Gasteiger partial charge in [0.05, 0.1) is 17.1 Å². The summed E-state index contributed by atoms with van der Waals surface area (Å²) in [5.41, 5.74) is 2.69. The Kier molecular flexibility index (Phi) is 4.76. The van der Waals surface area contributed by atoms with Gasteiger partial charge in [-0.05, 0) is 24.3 Å². The van der Waals surface area contributed by atoms with Crippen LogP contribution in [0.1, 0.15) is 5.89 Å². The molecule has 0 amide bonds. The van der Waals surface area contributed by atoms with E-state index in [1.165, 1.54) is 12.1 Å². The number of hydrogen-bond donors (Lipinski definition) is 1. The van der Waals surface area contributed by atoms with Crippen LogP contribution in [0.2, 0.25) is 0 Å². The van der Waals surface area contributed by atoms with Gasteiger partial charge in [-0.15, -0.1) is 0 Å². The number of aromatic nitrogens is 4. The van der Waals surface area contributed by atoms with Gasteiger partial charge in [0.1, 0.15) is 0 Å². The molecule has 8 nitrogen and oxygen atoms in total. The van der Waals surface area contributed by atoms with Gasteiger partial charge in [-0.1, -0.05) is 41.6 Å². The van der Waals surface area contributed by atoms with Gasteiger partial charge in [-0.25, -0.2) is 13.1 Å². The molecule has 0 radical (unpaired) electrons. The number of hydrogen-bond acceptors (Lipinski definition) is 6. The Morgan fingerprint density at radius 3 is 2.57 bits per heavy atom. The van der Waals surface area contributed by atoms with Crippen LogP contribution in [-0.2, 0) is 23.6 Å². The molecule has 0 aliphatic rings. The van der Waals surface area contributed by atoms with Gasteiger partial charge in [-0.2, -0.15) is 10.1 Å². The van der Waals surface area contributed by atoms with Crippen LogP contribution in [0.15, 0.2) is 76.3 Å². The third-order valence-corrected chi connectivity index (χ3v) is 5.59. The Morgan fingerprint density at radius 1 is 1.04 bits per heavy atom. The Bertz CT molecular complexity index is 1200. The van der Waals surface area contributed by atoms with Crippen molar-refractivity contribution in [3.8, 4) is 22.6 Å². The third-order valence-electron chi connectivity index (χ3n) is 4.17. The lowest BCUT2D eigenvalue weighted by molar-refractivity contribution is 0.376. The first-order chi connectivity index (χ1) is 13.5. The number of aryl methyl sites for hydroxylation is 1. The average molecular weight is 395 g/mol. The Morgan fingerprint density at radius 2 is 1.82 bits per heavy atom. The second-order valence-electron chi connectivity index (χ2n) is 6.07. The van der Waals surface area contributed by atoms with Crippen LogP contribution in [-0.4, -0.2) is 28.3 Å². The van der Waals surface area contributed by atoms with Crippen molar-refractivity contribution in [2.24, 2.45) is 7.05 Å². The van der Waals surface area contributed by atoms with Crippen molar-refractivity contribution in [1.82, 2.24) is 24.6 Å². The van der Waals surface area contributed by atoms with Gasteiger partial charge in [0.15, 0.2) is 0 Å². The topological polar surface area (TPSA) is 103 Å². The molecule has 9 heteroatoms. The van der Waals surface area contributed by atoms with Gasteiger partial charge in [0.25, 0.3) is 0 Å². The first-order valence-electron chi connectivity index (χ1n) is 8.49. The second kappa shape index (κ2) is 7.37. The minimum Gasteiger partial charge on any atom is -0.338 e. The molecule has 0 atom stereocenters. The summed E-state index contributed by atoms with van der Waals surface area (Å²) in [6.07, 6.45) is 1.73. The van der Waals surface area contributed by atoms with Crippen LogP contribution in [0.5, 0.6) is 0 Å². The molecule has 2 aromatic carbocycles. The highest BCUT2D eigenvalue weighted by atomic mass is 32.2. The maximum atomic E-state index is 12.3. The molecule has 0 aliphatic carbocycles. The number of sulfonamides is 1. The van der Waals surface area contributed by atoms with Crippen LogP contribution in [0.25, 0.3) is 22.6 Å². The van der Waals surface area contributed by atoms with Crippen molar-refractivity contribution in [2.45, 2.75) is 11.4 Å². The molecule has 0 saturated carbocycles. The van der Waals surface area contributed by atoms with Gasteiger partial charge in [0, 0.05) is 24.4 Å². The summed E-state index contributed by atoms with van der Waals surface area (Å²) >= 11 is 0. The lowest BCUT2D eigenvalue weighted by atomic mass is 10.1. The molecule has 0 bridgehead atoms. The monoisotopic (exact) mass is 395 g/mol. The quantitative estimate of drug-likeness (QED) is 0.538. The molecule has 142 valence electrons. The molecule has 2 aromatic heterocycles. The van der Waals surface area contributed by atoms with E-state index in [1.54, 1.807) is 29.1 Å². The second-order valence-corrected chi connectivity index (χ2v) is 7.84. The van der Waals surface area contributed by atoms with Crippen LogP contribution in [0.4, 0.5) is 0 Å². The Balaban J connectivity index is 1.52. The smallest absolute Gasteiger partial charge is 0.242 e. The molecule has 0 aliphatic heterocycles. The lowest BCUT2D eigenvalue weighted by Gasteiger charge is -2.04. The predicted molar refractivity (Wildman–Crippen MR) is 102 cm³/mol. The van der Waals surface area contributed by atoms with Crippen molar-refractivity contribution in [1.29, 1.82) is 0 Å². The molecule has 0 unspecified atom stereocenters. The number of rotatable bonds is 6. The van der Waals surface area contributed by atoms with Crippen molar-refractivity contribution in [2.75, 3.05) is 0 Å². The summed E-state index contributed by atoms with van der Waals surface area (Å²) in [7, 11) is -1.77. The number of nitrogens with one attached hydrogen (secondary N) is 1. The first kappa shape index (κ1) is 18.1. The number of benzene rings is 2. The SMILES string of the molecule is Cn1nccc1-c1cccc(-c2noc(CNS(=O)(=O)c3ccccc3)n2)c1. The fraction of sp³-hybridized carbons (Fsp3) is 0.105. The molecule has 0 spiro atoms. The zero-order chi connectivity index (χ0) is 19.6. The minimum absolute atomic E-state index is 0.0916. The van der Waals surface area contributed by atoms with Crippen molar-refractivity contribution in [3.05, 3.63) is 72.8 Å². The summed E-state index contributed by atoms with van der Waals surface area (Å²) in [5, 5.41) is 8.13. The normalized spacial score (nSPS) is 11.6. The standard InChI is InChI=1S/C19H17N5O3S/c1-24-17(10-11-20-24)14-6-5-7-15(12-14)19-22-18(27-23-19)13-21-28(25,26)16-8-3-2-4-9-16/h2-12,21H,13H2,1H3. The molecule has 28 heavy (non-hydrogen) atoms. The average Bonchev–Trinajstić information content (AvgIpc) is 3.36. The molecule has 1 N–H and O–H groups in total. The zero-order valence-corrected chi connectivity index (χ0v) is 15.8. The van der Waals surface area contributed by atoms with E-state index in [0.29, 0.717) is 5.82 Å². The Labute approximate surface area is 161 Å². The van der Waals surface area contributed by atoms with E-state index in [4.69, 9.17) is 4.52 Å². The summed E-state index contributed by atoms with van der Waals surface area (Å²) < 4.78 is 34.0. The highest BCUT2D eigenvalue weighted by molar-refractivity contribution is 7.89. The summed E-state index contributed by atoms with van der Waals surface area (Å²) in [6.45, 7) is -0.0916. The van der Waals surface area contributed by atoms with Crippen LogP contribution in [0, 0.1) is 0 Å². The van der Waals surface area contributed by atoms with Gasteiger partial charge in [0.2, 0.25) is 21.7 Å². The van der Waals surface area contributed by atoms with E-state index in [1.807, 2.05) is 37.4 Å². The molecule has 0 fully saturated rings. The van der Waals surface area contributed by atoms with E-state index in [9.17, 15) is 8.42 Å². The molecule has 4 aromatic rings. The molecular formula is C19H17N5O3S. The third kappa shape index (κ3) is 3.71. The van der Waals surface area contributed by atoms with Crippen LogP contribution < -0.4 is 4.72 Å². The highest BCUT2D eigenvalue weighted by Gasteiger charge is 2.16. The molecule has 0 saturated heterocycles. The fourth-order valence-corrected chi connectivity index (χ4v) is 3.75. The summed E-state index contributed by atoms with van der Waals surface area (Å²) in [5.74, 6) is 0.568. The van der Waals surface area contributed by atoms with E-state index < -0.39 is 10.0 Å². The highest BCUT2D eigenvalue weighted by Crippen LogP contribution is 2.24. The minimum atomic E-state index is -3.64. The predicted octanol–water partition coefficient (Wildman–Crippen LogP) is 2.62. The summed E-state index contributed by atoms with van der Waals surface area (Å²) in [4.78, 5) is 4.47. The van der Waals surface area contributed by atoms with E-state index in [2.05, 4.69) is 20.0 Å². The zero-order valence-electron chi connectivity index (χ0n) is 15.0. The van der Waals surface area contributed by atoms with Crippen LogP contribution >= 0.6 is 0 Å². The molecular weight excluding hydrogens is 378 g/mol. The van der Waals surface area contributed by atoms with E-state index in [0.717, 1.165) is 16.8 Å². The Hall–Kier alpha value is -3.30. The van der Waals surface area contributed by atoms with Crippen LogP contribution in [0.3, 0.4) is 0 Å². The maximum absolute atomic E-state index is 12.3. The maximum Gasteiger partial charge on any atom is 0.242 e. The van der Waals surface area contributed by atoms with Crippen molar-refractivity contribution in [3.63, 3.8) is 0 Å². The molecule has 2 heterocycles.